The van der Waals surface area contributed by atoms with Crippen LogP contribution in [0.2, 0.25) is 0 Å². The first-order valence-corrected chi connectivity index (χ1v) is 7.52. The Bertz CT molecular complexity index is 594. The van der Waals surface area contributed by atoms with Crippen molar-refractivity contribution in [1.29, 1.82) is 0 Å². The van der Waals surface area contributed by atoms with E-state index < -0.39 is 0 Å². The second kappa shape index (κ2) is 6.37. The highest BCUT2D eigenvalue weighted by Crippen LogP contribution is 2.33. The molecule has 4 heteroatoms. The minimum atomic E-state index is -0.321. The summed E-state index contributed by atoms with van der Waals surface area (Å²) in [4.78, 5) is 2.52. The monoisotopic (exact) mass is 293 g/mol. The molecule has 0 saturated heterocycles. The van der Waals surface area contributed by atoms with E-state index >= 15 is 0 Å². The van der Waals surface area contributed by atoms with E-state index in [1.54, 1.807) is 23.5 Å². The summed E-state index contributed by atoms with van der Waals surface area (Å²) in [5.74, 6) is -0.0399. The smallest absolute Gasteiger partial charge is 0.165 e. The Kier molecular flexibility index (Phi) is 4.78. The lowest BCUT2D eigenvalue weighted by Gasteiger charge is -2.19. The van der Waals surface area contributed by atoms with Gasteiger partial charge in [-0.25, -0.2) is 4.39 Å². The first-order valence-electron chi connectivity index (χ1n) is 6.70. The molecule has 1 unspecified atom stereocenters. The number of ether oxygens (including phenoxy) is 1. The predicted molar refractivity (Wildman–Crippen MR) is 82.3 cm³/mol. The van der Waals surface area contributed by atoms with Crippen LogP contribution in [0.25, 0.3) is 0 Å². The van der Waals surface area contributed by atoms with Crippen molar-refractivity contribution in [2.75, 3.05) is 13.7 Å². The van der Waals surface area contributed by atoms with Gasteiger partial charge < -0.3 is 10.1 Å². The minimum Gasteiger partial charge on any atom is -0.494 e. The van der Waals surface area contributed by atoms with E-state index in [-0.39, 0.29) is 17.6 Å². The van der Waals surface area contributed by atoms with Gasteiger partial charge in [0.2, 0.25) is 0 Å². The van der Waals surface area contributed by atoms with Gasteiger partial charge in [-0.1, -0.05) is 13.0 Å². The zero-order valence-electron chi connectivity index (χ0n) is 12.3. The van der Waals surface area contributed by atoms with E-state index in [0.29, 0.717) is 0 Å². The molecule has 0 aliphatic carbocycles. The maximum absolute atomic E-state index is 13.9. The third-order valence-electron chi connectivity index (χ3n) is 3.26. The first kappa shape index (κ1) is 15.0. The molecule has 0 spiro atoms. The Morgan fingerprint density at radius 1 is 1.30 bits per heavy atom. The van der Waals surface area contributed by atoms with E-state index in [4.69, 9.17) is 4.74 Å². The van der Waals surface area contributed by atoms with Crippen molar-refractivity contribution in [2.24, 2.45) is 0 Å². The van der Waals surface area contributed by atoms with Gasteiger partial charge in [0.25, 0.3) is 0 Å². The third kappa shape index (κ3) is 3.02. The molecule has 0 fully saturated rings. The topological polar surface area (TPSA) is 21.3 Å². The number of hydrogen-bond donors (Lipinski definition) is 1. The molecule has 0 aliphatic rings. The van der Waals surface area contributed by atoms with E-state index in [2.05, 4.69) is 32.2 Å². The SMILES string of the molecule is CCNC(c1ccc(OC)c(F)c1)c1sc(C)cc1C. The highest BCUT2D eigenvalue weighted by Gasteiger charge is 2.19. The molecule has 1 aromatic heterocycles. The number of halogens is 1. The Hall–Kier alpha value is -1.39. The molecule has 0 amide bonds. The molecule has 2 nitrogen and oxygen atoms in total. The van der Waals surface area contributed by atoms with Crippen molar-refractivity contribution >= 4 is 11.3 Å². The standard InChI is InChI=1S/C16H20FNOS/c1-5-18-15(16-10(2)8-11(3)20-16)12-6-7-14(19-4)13(17)9-12/h6-9,15,18H,5H2,1-4H3. The Labute approximate surface area is 123 Å². The number of benzene rings is 1. The molecule has 1 aromatic carbocycles. The van der Waals surface area contributed by atoms with Gasteiger partial charge in [0.15, 0.2) is 11.6 Å². The largest absolute Gasteiger partial charge is 0.494 e. The van der Waals surface area contributed by atoms with E-state index in [0.717, 1.165) is 12.1 Å². The van der Waals surface area contributed by atoms with Gasteiger partial charge in [-0.15, -0.1) is 11.3 Å². The normalized spacial score (nSPS) is 12.4. The van der Waals surface area contributed by atoms with Gasteiger partial charge in [0, 0.05) is 9.75 Å². The van der Waals surface area contributed by atoms with Crippen molar-refractivity contribution < 1.29 is 9.13 Å². The molecule has 0 radical (unpaired) electrons. The molecule has 20 heavy (non-hydrogen) atoms. The number of aryl methyl sites for hydroxylation is 2. The Morgan fingerprint density at radius 2 is 2.05 bits per heavy atom. The summed E-state index contributed by atoms with van der Waals surface area (Å²) in [6, 6.07) is 7.36. The highest BCUT2D eigenvalue weighted by molar-refractivity contribution is 7.12. The summed E-state index contributed by atoms with van der Waals surface area (Å²) < 4.78 is 18.9. The zero-order valence-corrected chi connectivity index (χ0v) is 13.1. The molecule has 1 heterocycles. The first-order chi connectivity index (χ1) is 9.56. The lowest BCUT2D eigenvalue weighted by Crippen LogP contribution is -2.21. The van der Waals surface area contributed by atoms with Crippen molar-refractivity contribution in [3.05, 3.63) is 51.0 Å². The van der Waals surface area contributed by atoms with Gasteiger partial charge in [-0.2, -0.15) is 0 Å². The molecule has 2 rings (SSSR count). The summed E-state index contributed by atoms with van der Waals surface area (Å²) in [6.07, 6.45) is 0. The third-order valence-corrected chi connectivity index (χ3v) is 4.48. The molecule has 0 saturated carbocycles. The Morgan fingerprint density at radius 3 is 2.55 bits per heavy atom. The number of nitrogens with one attached hydrogen (secondary N) is 1. The van der Waals surface area contributed by atoms with Crippen LogP contribution in [-0.4, -0.2) is 13.7 Å². The minimum absolute atomic E-state index is 0.0270. The number of methoxy groups -OCH3 is 1. The second-order valence-corrected chi connectivity index (χ2v) is 6.08. The summed E-state index contributed by atoms with van der Waals surface area (Å²) in [5.41, 5.74) is 2.17. The van der Waals surface area contributed by atoms with Crippen LogP contribution in [-0.2, 0) is 0 Å². The van der Waals surface area contributed by atoms with E-state index in [1.165, 1.54) is 22.4 Å². The summed E-state index contributed by atoms with van der Waals surface area (Å²) in [7, 11) is 1.48. The molecule has 2 aromatic rings. The predicted octanol–water partition coefficient (Wildman–Crippen LogP) is 4.21. The van der Waals surface area contributed by atoms with Crippen LogP contribution >= 0.6 is 11.3 Å². The second-order valence-electron chi connectivity index (χ2n) is 4.79. The summed E-state index contributed by atoms with van der Waals surface area (Å²) in [6.45, 7) is 7.08. The lowest BCUT2D eigenvalue weighted by molar-refractivity contribution is 0.386. The Balaban J connectivity index is 2.43. The van der Waals surface area contributed by atoms with Gasteiger partial charge in [0.1, 0.15) is 0 Å². The fraction of sp³-hybridized carbons (Fsp3) is 0.375. The molecule has 0 bridgehead atoms. The molecular formula is C16H20FNOS. The van der Waals surface area contributed by atoms with Gasteiger partial charge >= 0.3 is 0 Å². The fourth-order valence-corrected chi connectivity index (χ4v) is 3.51. The van der Waals surface area contributed by atoms with Crippen molar-refractivity contribution in [3.63, 3.8) is 0 Å². The average molecular weight is 293 g/mol. The number of thiophene rings is 1. The maximum Gasteiger partial charge on any atom is 0.165 e. The molecule has 1 N–H and O–H groups in total. The average Bonchev–Trinajstić information content (AvgIpc) is 2.74. The fourth-order valence-electron chi connectivity index (χ4n) is 2.37. The van der Waals surface area contributed by atoms with Crippen LogP contribution < -0.4 is 10.1 Å². The molecule has 1 atom stereocenters. The highest BCUT2D eigenvalue weighted by atomic mass is 32.1. The van der Waals surface area contributed by atoms with Crippen LogP contribution in [0.15, 0.2) is 24.3 Å². The van der Waals surface area contributed by atoms with Crippen LogP contribution in [0, 0.1) is 19.7 Å². The molecule has 108 valence electrons. The number of hydrogen-bond acceptors (Lipinski definition) is 3. The van der Waals surface area contributed by atoms with Crippen LogP contribution in [0.5, 0.6) is 5.75 Å². The van der Waals surface area contributed by atoms with Crippen LogP contribution in [0.3, 0.4) is 0 Å². The van der Waals surface area contributed by atoms with Crippen molar-refractivity contribution in [1.82, 2.24) is 5.32 Å². The molecular weight excluding hydrogens is 273 g/mol. The number of rotatable bonds is 5. The van der Waals surface area contributed by atoms with Crippen LogP contribution in [0.1, 0.15) is 33.8 Å². The van der Waals surface area contributed by atoms with E-state index in [9.17, 15) is 4.39 Å². The van der Waals surface area contributed by atoms with Gasteiger partial charge in [0.05, 0.1) is 13.2 Å². The lowest BCUT2D eigenvalue weighted by atomic mass is 10.0. The van der Waals surface area contributed by atoms with Crippen LogP contribution in [0.4, 0.5) is 4.39 Å². The molecule has 0 aliphatic heterocycles. The summed E-state index contributed by atoms with van der Waals surface area (Å²) >= 11 is 1.76. The van der Waals surface area contributed by atoms with E-state index in [1.807, 2.05) is 6.07 Å². The maximum atomic E-state index is 13.9. The van der Waals surface area contributed by atoms with Crippen molar-refractivity contribution in [3.8, 4) is 5.75 Å². The zero-order chi connectivity index (χ0) is 14.7. The van der Waals surface area contributed by atoms with Gasteiger partial charge in [-0.05, 0) is 49.7 Å². The summed E-state index contributed by atoms with van der Waals surface area (Å²) in [5, 5.41) is 3.44. The van der Waals surface area contributed by atoms with Crippen molar-refractivity contribution in [2.45, 2.75) is 26.8 Å². The quantitative estimate of drug-likeness (QED) is 0.891. The van der Waals surface area contributed by atoms with Gasteiger partial charge in [-0.3, -0.25) is 0 Å².